The van der Waals surface area contributed by atoms with Crippen molar-refractivity contribution in [2.24, 2.45) is 0 Å². The lowest BCUT2D eigenvalue weighted by molar-refractivity contribution is 0.0945. The number of hydrogen-bond donors (Lipinski definition) is 1. The first-order valence-electron chi connectivity index (χ1n) is 11.5. The Bertz CT molecular complexity index is 1060. The Morgan fingerprint density at radius 1 is 1.25 bits per heavy atom. The first-order valence-corrected chi connectivity index (χ1v) is 11.5. The van der Waals surface area contributed by atoms with Crippen molar-refractivity contribution in [2.75, 3.05) is 37.6 Å². The summed E-state index contributed by atoms with van der Waals surface area (Å²) in [6.07, 6.45) is 4.41. The molecule has 0 saturated carbocycles. The van der Waals surface area contributed by atoms with Crippen molar-refractivity contribution < 1.29 is 9.18 Å². The predicted octanol–water partition coefficient (Wildman–Crippen LogP) is 3.67. The molecule has 1 N–H and O–H groups in total. The van der Waals surface area contributed by atoms with Gasteiger partial charge in [-0.1, -0.05) is 26.0 Å². The Morgan fingerprint density at radius 3 is 2.88 bits per heavy atom. The van der Waals surface area contributed by atoms with Crippen LogP contribution in [0.1, 0.15) is 55.2 Å². The fourth-order valence-corrected chi connectivity index (χ4v) is 4.41. The van der Waals surface area contributed by atoms with E-state index in [2.05, 4.69) is 33.9 Å². The molecule has 170 valence electrons. The van der Waals surface area contributed by atoms with Crippen molar-refractivity contribution in [3.05, 3.63) is 59.7 Å². The van der Waals surface area contributed by atoms with E-state index < -0.39 is 0 Å². The number of hydrogen-bond acceptors (Lipinski definition) is 5. The summed E-state index contributed by atoms with van der Waals surface area (Å²) in [4.78, 5) is 21.6. The maximum Gasteiger partial charge on any atom is 0.271 e. The number of benzene rings is 1. The molecule has 3 heterocycles. The Labute approximate surface area is 188 Å². The van der Waals surface area contributed by atoms with E-state index in [1.54, 1.807) is 22.8 Å². The third-order valence-electron chi connectivity index (χ3n) is 6.19. The number of nitrogens with one attached hydrogen (secondary N) is 1. The van der Waals surface area contributed by atoms with Gasteiger partial charge in [-0.3, -0.25) is 4.79 Å². The van der Waals surface area contributed by atoms with Crippen LogP contribution in [0.3, 0.4) is 0 Å². The number of amides is 1. The van der Waals surface area contributed by atoms with Gasteiger partial charge in [-0.2, -0.15) is 0 Å². The van der Waals surface area contributed by atoms with Crippen molar-refractivity contribution in [1.29, 1.82) is 0 Å². The summed E-state index contributed by atoms with van der Waals surface area (Å²) in [6.45, 7) is 8.71. The molecule has 0 radical (unpaired) electrons. The largest absolute Gasteiger partial charge is 0.351 e. The smallest absolute Gasteiger partial charge is 0.271 e. The van der Waals surface area contributed by atoms with Crippen molar-refractivity contribution in [1.82, 2.24) is 24.8 Å². The van der Waals surface area contributed by atoms with Crippen molar-refractivity contribution in [3.63, 3.8) is 0 Å². The number of halogens is 1. The van der Waals surface area contributed by atoms with Crippen molar-refractivity contribution in [2.45, 2.75) is 39.2 Å². The van der Waals surface area contributed by atoms with Crippen LogP contribution < -0.4 is 10.2 Å². The molecule has 1 unspecified atom stereocenters. The normalized spacial score (nSPS) is 16.2. The highest BCUT2D eigenvalue weighted by molar-refractivity contribution is 5.93. The number of rotatable bonds is 9. The van der Waals surface area contributed by atoms with Crippen LogP contribution in [0.25, 0.3) is 5.65 Å². The van der Waals surface area contributed by atoms with E-state index in [-0.39, 0.29) is 17.8 Å². The molecule has 7 nitrogen and oxygen atoms in total. The standard InChI is InChI=1S/C24H31FN6O/c1-3-29(4-2)14-7-13-26-24(32)21-17-27-22-11-12-23(28-31(21)22)30-15-6-10-20(30)18-8-5-9-19(25)16-18/h5,8-9,11-12,16-17,20H,3-4,6-7,10,13-15H2,1-2H3,(H,26,32). The first kappa shape index (κ1) is 22.2. The number of aromatic nitrogens is 3. The molecule has 1 aromatic carbocycles. The molecule has 1 fully saturated rings. The summed E-state index contributed by atoms with van der Waals surface area (Å²) in [5.74, 6) is 0.356. The lowest BCUT2D eigenvalue weighted by Crippen LogP contribution is -2.30. The van der Waals surface area contributed by atoms with Gasteiger partial charge in [0.1, 0.15) is 11.6 Å². The van der Waals surface area contributed by atoms with Gasteiger partial charge >= 0.3 is 0 Å². The fraction of sp³-hybridized carbons (Fsp3) is 0.458. The molecule has 1 atom stereocenters. The molecule has 0 spiro atoms. The van der Waals surface area contributed by atoms with Crippen LogP contribution in [0.4, 0.5) is 10.2 Å². The summed E-state index contributed by atoms with van der Waals surface area (Å²) in [5.41, 5.74) is 2.00. The number of imidazole rings is 1. The first-order chi connectivity index (χ1) is 15.6. The zero-order valence-electron chi connectivity index (χ0n) is 18.8. The van der Waals surface area contributed by atoms with E-state index in [9.17, 15) is 9.18 Å². The topological polar surface area (TPSA) is 65.8 Å². The van der Waals surface area contributed by atoms with Gasteiger partial charge < -0.3 is 15.1 Å². The highest BCUT2D eigenvalue weighted by atomic mass is 19.1. The molecule has 0 aliphatic carbocycles. The van der Waals surface area contributed by atoms with Gasteiger partial charge in [0, 0.05) is 13.1 Å². The molecule has 4 rings (SSSR count). The monoisotopic (exact) mass is 438 g/mol. The lowest BCUT2D eigenvalue weighted by Gasteiger charge is -2.26. The third kappa shape index (κ3) is 4.75. The second-order valence-electron chi connectivity index (χ2n) is 8.15. The summed E-state index contributed by atoms with van der Waals surface area (Å²) in [5, 5.41) is 7.73. The van der Waals surface area contributed by atoms with Crippen molar-refractivity contribution >= 4 is 17.4 Å². The number of carbonyl (C=O) groups is 1. The zero-order valence-corrected chi connectivity index (χ0v) is 18.8. The fourth-order valence-electron chi connectivity index (χ4n) is 4.41. The molecule has 0 bridgehead atoms. The van der Waals surface area contributed by atoms with Gasteiger partial charge in [-0.05, 0) is 68.7 Å². The Balaban J connectivity index is 1.49. The molecule has 1 aliphatic heterocycles. The van der Waals surface area contributed by atoms with E-state index in [1.165, 1.54) is 6.07 Å². The Hall–Kier alpha value is -3.00. The molecule has 2 aromatic heterocycles. The molecule has 1 amide bonds. The average molecular weight is 439 g/mol. The second kappa shape index (κ2) is 10.1. The van der Waals surface area contributed by atoms with Crippen LogP contribution >= 0.6 is 0 Å². The Morgan fingerprint density at radius 2 is 2.09 bits per heavy atom. The molecule has 1 aliphatic rings. The zero-order chi connectivity index (χ0) is 22.5. The maximum atomic E-state index is 13.8. The molecular formula is C24H31FN6O. The van der Waals surface area contributed by atoms with E-state index in [0.717, 1.165) is 56.8 Å². The molecule has 1 saturated heterocycles. The van der Waals surface area contributed by atoms with E-state index in [4.69, 9.17) is 5.10 Å². The molecule has 8 heteroatoms. The summed E-state index contributed by atoms with van der Waals surface area (Å²) in [6, 6.07) is 10.6. The quantitative estimate of drug-likeness (QED) is 0.517. The van der Waals surface area contributed by atoms with E-state index >= 15 is 0 Å². The van der Waals surface area contributed by atoms with E-state index in [1.807, 2.05) is 18.2 Å². The van der Waals surface area contributed by atoms with Gasteiger partial charge in [0.05, 0.1) is 12.2 Å². The molecular weight excluding hydrogens is 407 g/mol. The summed E-state index contributed by atoms with van der Waals surface area (Å²) >= 11 is 0. The lowest BCUT2D eigenvalue weighted by atomic mass is 10.0. The highest BCUT2D eigenvalue weighted by Gasteiger charge is 2.28. The average Bonchev–Trinajstić information content (AvgIpc) is 3.46. The van der Waals surface area contributed by atoms with Gasteiger partial charge in [-0.15, -0.1) is 5.10 Å². The van der Waals surface area contributed by atoms with Crippen LogP contribution in [0, 0.1) is 5.82 Å². The molecule has 3 aromatic rings. The second-order valence-corrected chi connectivity index (χ2v) is 8.15. The SMILES string of the molecule is CCN(CC)CCCNC(=O)c1cnc2ccc(N3CCCC3c3cccc(F)c3)nn12. The maximum absolute atomic E-state index is 13.8. The van der Waals surface area contributed by atoms with Gasteiger partial charge in [-0.25, -0.2) is 13.9 Å². The van der Waals surface area contributed by atoms with Crippen LogP contribution in [-0.2, 0) is 0 Å². The Kier molecular flexibility index (Phi) is 6.99. The van der Waals surface area contributed by atoms with Gasteiger partial charge in [0.25, 0.3) is 5.91 Å². The molecule has 32 heavy (non-hydrogen) atoms. The summed E-state index contributed by atoms with van der Waals surface area (Å²) < 4.78 is 15.4. The summed E-state index contributed by atoms with van der Waals surface area (Å²) in [7, 11) is 0. The minimum atomic E-state index is -0.229. The van der Waals surface area contributed by atoms with E-state index in [0.29, 0.717) is 17.9 Å². The number of anilines is 1. The van der Waals surface area contributed by atoms with Crippen LogP contribution in [-0.4, -0.2) is 58.1 Å². The van der Waals surface area contributed by atoms with Crippen LogP contribution in [0.5, 0.6) is 0 Å². The predicted molar refractivity (Wildman–Crippen MR) is 123 cm³/mol. The third-order valence-corrected chi connectivity index (χ3v) is 6.19. The number of fused-ring (bicyclic) bond motifs is 1. The van der Waals surface area contributed by atoms with Gasteiger partial charge in [0.2, 0.25) is 0 Å². The minimum absolute atomic E-state index is 0.0662. The van der Waals surface area contributed by atoms with Crippen LogP contribution in [0.15, 0.2) is 42.6 Å². The van der Waals surface area contributed by atoms with Crippen molar-refractivity contribution in [3.8, 4) is 0 Å². The van der Waals surface area contributed by atoms with Crippen LogP contribution in [0.2, 0.25) is 0 Å². The van der Waals surface area contributed by atoms with Gasteiger partial charge in [0.15, 0.2) is 11.3 Å². The number of carbonyl (C=O) groups excluding carboxylic acids is 1. The number of nitrogens with zero attached hydrogens (tertiary/aromatic N) is 5. The minimum Gasteiger partial charge on any atom is -0.351 e. The highest BCUT2D eigenvalue weighted by Crippen LogP contribution is 2.35.